The number of amides is 1. The van der Waals surface area contributed by atoms with E-state index in [0.29, 0.717) is 32.3 Å². The van der Waals surface area contributed by atoms with Gasteiger partial charge >= 0.3 is 5.97 Å². The van der Waals surface area contributed by atoms with E-state index in [1.165, 1.54) is 18.2 Å². The van der Waals surface area contributed by atoms with Gasteiger partial charge < -0.3 is 15.2 Å². The molecule has 5 nitrogen and oxygen atoms in total. The molecule has 1 aliphatic carbocycles. The largest absolute Gasteiger partial charge is 0.481 e. The number of nitrogens with one attached hydrogen (secondary N) is 1. The van der Waals surface area contributed by atoms with Crippen LogP contribution in [0.5, 0.6) is 0 Å². The summed E-state index contributed by atoms with van der Waals surface area (Å²) >= 11 is 0. The first-order chi connectivity index (χ1) is 10.5. The second kappa shape index (κ2) is 5.68. The van der Waals surface area contributed by atoms with Crippen LogP contribution in [-0.2, 0) is 9.53 Å². The maximum Gasteiger partial charge on any atom is 0.306 e. The van der Waals surface area contributed by atoms with E-state index in [9.17, 15) is 14.0 Å². The van der Waals surface area contributed by atoms with Crippen molar-refractivity contribution >= 4 is 11.9 Å². The minimum absolute atomic E-state index is 0.0701. The van der Waals surface area contributed by atoms with E-state index in [1.807, 2.05) is 0 Å². The molecule has 2 aliphatic rings. The van der Waals surface area contributed by atoms with Gasteiger partial charge in [0.05, 0.1) is 11.5 Å². The highest BCUT2D eigenvalue weighted by molar-refractivity contribution is 5.94. The van der Waals surface area contributed by atoms with Crippen molar-refractivity contribution in [2.24, 2.45) is 5.92 Å². The molecule has 1 saturated carbocycles. The normalized spacial score (nSPS) is 30.6. The summed E-state index contributed by atoms with van der Waals surface area (Å²) in [5, 5.41) is 11.9. The van der Waals surface area contributed by atoms with Crippen LogP contribution in [-0.4, -0.2) is 35.2 Å². The summed E-state index contributed by atoms with van der Waals surface area (Å²) in [6.45, 7) is 0.500. The van der Waals surface area contributed by atoms with Crippen LogP contribution in [0.2, 0.25) is 0 Å². The van der Waals surface area contributed by atoms with Gasteiger partial charge in [-0.2, -0.15) is 0 Å². The van der Waals surface area contributed by atoms with Crippen LogP contribution in [0, 0.1) is 11.7 Å². The average Bonchev–Trinajstić information content (AvgIpc) is 2.44. The molecule has 1 amide bonds. The summed E-state index contributed by atoms with van der Waals surface area (Å²) < 4.78 is 18.9. The Labute approximate surface area is 127 Å². The molecule has 0 radical (unpaired) electrons. The van der Waals surface area contributed by atoms with Crippen molar-refractivity contribution < 1.29 is 23.8 Å². The van der Waals surface area contributed by atoms with Crippen molar-refractivity contribution in [3.8, 4) is 0 Å². The SMILES string of the molecule is O=C(NC1CCOC2(C1)CC(C(=O)O)C2)c1cccc(F)c1. The zero-order chi connectivity index (χ0) is 15.7. The third-order valence-corrected chi connectivity index (χ3v) is 4.50. The zero-order valence-electron chi connectivity index (χ0n) is 12.0. The van der Waals surface area contributed by atoms with Crippen molar-refractivity contribution in [2.75, 3.05) is 6.61 Å². The van der Waals surface area contributed by atoms with E-state index < -0.39 is 17.4 Å². The lowest BCUT2D eigenvalue weighted by Gasteiger charge is -2.50. The van der Waals surface area contributed by atoms with Gasteiger partial charge in [0.15, 0.2) is 0 Å². The van der Waals surface area contributed by atoms with Gasteiger partial charge in [0.2, 0.25) is 0 Å². The molecule has 1 unspecified atom stereocenters. The summed E-state index contributed by atoms with van der Waals surface area (Å²) in [6.07, 6.45) is 2.28. The summed E-state index contributed by atoms with van der Waals surface area (Å²) in [5.74, 6) is -1.90. The molecule has 2 fully saturated rings. The Morgan fingerprint density at radius 3 is 2.77 bits per heavy atom. The van der Waals surface area contributed by atoms with Crippen molar-refractivity contribution in [1.29, 1.82) is 0 Å². The van der Waals surface area contributed by atoms with Crippen molar-refractivity contribution in [1.82, 2.24) is 5.32 Å². The number of ether oxygens (including phenoxy) is 1. The molecule has 1 saturated heterocycles. The highest BCUT2D eigenvalue weighted by Gasteiger charge is 2.51. The molecule has 1 heterocycles. The summed E-state index contributed by atoms with van der Waals surface area (Å²) in [5.41, 5.74) is -0.126. The van der Waals surface area contributed by atoms with Gasteiger partial charge in [-0.25, -0.2) is 4.39 Å². The molecular weight excluding hydrogens is 289 g/mol. The number of halogens is 1. The first kappa shape index (κ1) is 15.0. The van der Waals surface area contributed by atoms with E-state index in [2.05, 4.69) is 5.32 Å². The van der Waals surface area contributed by atoms with Crippen LogP contribution in [0.25, 0.3) is 0 Å². The van der Waals surface area contributed by atoms with Crippen LogP contribution in [0.1, 0.15) is 36.0 Å². The number of carbonyl (C=O) groups excluding carboxylic acids is 1. The number of carboxylic acids is 1. The van der Waals surface area contributed by atoms with Gasteiger partial charge in [-0.15, -0.1) is 0 Å². The molecule has 1 aromatic rings. The first-order valence-corrected chi connectivity index (χ1v) is 7.41. The zero-order valence-corrected chi connectivity index (χ0v) is 12.0. The lowest BCUT2D eigenvalue weighted by molar-refractivity contribution is -0.181. The Morgan fingerprint density at radius 1 is 1.32 bits per heavy atom. The molecule has 3 rings (SSSR count). The lowest BCUT2D eigenvalue weighted by atomic mass is 9.66. The van der Waals surface area contributed by atoms with Crippen molar-refractivity contribution in [3.63, 3.8) is 0 Å². The Bertz CT molecular complexity index is 598. The minimum Gasteiger partial charge on any atom is -0.481 e. The summed E-state index contributed by atoms with van der Waals surface area (Å²) in [7, 11) is 0. The second-order valence-electron chi connectivity index (χ2n) is 6.15. The fourth-order valence-electron chi connectivity index (χ4n) is 3.35. The number of aliphatic carboxylic acids is 1. The summed E-state index contributed by atoms with van der Waals surface area (Å²) in [4.78, 5) is 23.1. The number of rotatable bonds is 3. The third kappa shape index (κ3) is 2.97. The maximum absolute atomic E-state index is 13.2. The molecule has 0 aromatic heterocycles. The monoisotopic (exact) mass is 307 g/mol. The van der Waals surface area contributed by atoms with E-state index in [0.717, 1.165) is 0 Å². The number of carboxylic acid groups (broad SMARTS) is 1. The molecule has 6 heteroatoms. The summed E-state index contributed by atoms with van der Waals surface area (Å²) in [6, 6.07) is 5.49. The number of hydrogen-bond acceptors (Lipinski definition) is 3. The molecule has 1 aliphatic heterocycles. The molecule has 1 atom stereocenters. The predicted molar refractivity (Wildman–Crippen MR) is 75.9 cm³/mol. The Morgan fingerprint density at radius 2 is 2.09 bits per heavy atom. The number of hydrogen-bond donors (Lipinski definition) is 2. The molecule has 1 spiro atoms. The van der Waals surface area contributed by atoms with Crippen LogP contribution >= 0.6 is 0 Å². The minimum atomic E-state index is -0.792. The molecular formula is C16H18FNO4. The Balaban J connectivity index is 1.59. The van der Waals surface area contributed by atoms with Crippen molar-refractivity contribution in [3.05, 3.63) is 35.6 Å². The maximum atomic E-state index is 13.2. The molecule has 2 N–H and O–H groups in total. The Hall–Kier alpha value is -1.95. The van der Waals surface area contributed by atoms with Gasteiger partial charge in [-0.05, 0) is 43.9 Å². The van der Waals surface area contributed by atoms with Crippen LogP contribution in [0.15, 0.2) is 24.3 Å². The topological polar surface area (TPSA) is 75.6 Å². The first-order valence-electron chi connectivity index (χ1n) is 7.41. The highest BCUT2D eigenvalue weighted by atomic mass is 19.1. The number of benzene rings is 1. The van der Waals surface area contributed by atoms with Gasteiger partial charge in [0, 0.05) is 18.2 Å². The van der Waals surface area contributed by atoms with Gasteiger partial charge in [-0.1, -0.05) is 6.07 Å². The fourth-order valence-corrected chi connectivity index (χ4v) is 3.35. The van der Waals surface area contributed by atoms with Crippen LogP contribution < -0.4 is 5.32 Å². The smallest absolute Gasteiger partial charge is 0.306 e. The van der Waals surface area contributed by atoms with E-state index in [-0.39, 0.29) is 23.4 Å². The molecule has 22 heavy (non-hydrogen) atoms. The Kier molecular flexibility index (Phi) is 3.87. The second-order valence-corrected chi connectivity index (χ2v) is 6.15. The van der Waals surface area contributed by atoms with Crippen LogP contribution in [0.3, 0.4) is 0 Å². The molecule has 0 bridgehead atoms. The van der Waals surface area contributed by atoms with E-state index >= 15 is 0 Å². The van der Waals surface area contributed by atoms with Gasteiger partial charge in [0.1, 0.15) is 5.82 Å². The third-order valence-electron chi connectivity index (χ3n) is 4.50. The molecule has 118 valence electrons. The van der Waals surface area contributed by atoms with Gasteiger partial charge in [0.25, 0.3) is 5.91 Å². The quantitative estimate of drug-likeness (QED) is 0.895. The standard InChI is InChI=1S/C16H18FNO4/c17-12-3-1-2-10(6-12)14(19)18-13-4-5-22-16(9-13)7-11(8-16)15(20)21/h1-3,6,11,13H,4-5,7-9H2,(H,18,19)(H,20,21). The predicted octanol–water partition coefficient (Wildman–Crippen LogP) is 1.97. The van der Waals surface area contributed by atoms with E-state index in [4.69, 9.17) is 9.84 Å². The van der Waals surface area contributed by atoms with Crippen LogP contribution in [0.4, 0.5) is 4.39 Å². The average molecular weight is 307 g/mol. The fraction of sp³-hybridized carbons (Fsp3) is 0.500. The van der Waals surface area contributed by atoms with Gasteiger partial charge in [-0.3, -0.25) is 9.59 Å². The van der Waals surface area contributed by atoms with Crippen molar-refractivity contribution in [2.45, 2.75) is 37.3 Å². The molecule has 1 aromatic carbocycles. The highest BCUT2D eigenvalue weighted by Crippen LogP contribution is 2.46. The lowest BCUT2D eigenvalue weighted by Crippen LogP contribution is -2.56. The number of carbonyl (C=O) groups is 2. The van der Waals surface area contributed by atoms with E-state index in [1.54, 1.807) is 6.07 Å².